The third-order valence-electron chi connectivity index (χ3n) is 4.69. The Morgan fingerprint density at radius 3 is 2.55 bits per heavy atom. The molecule has 0 saturated heterocycles. The zero-order valence-corrected chi connectivity index (χ0v) is 17.3. The van der Waals surface area contributed by atoms with Gasteiger partial charge >= 0.3 is 6.18 Å². The molecule has 3 aromatic rings. The number of nitrogens with zero attached hydrogens (tertiary/aromatic N) is 5. The molecular formula is C18H13ClF3N5O3S. The molecule has 8 nitrogen and oxygen atoms in total. The van der Waals surface area contributed by atoms with Gasteiger partial charge in [-0.05, 0) is 18.2 Å². The van der Waals surface area contributed by atoms with Crippen LogP contribution < -0.4 is 4.90 Å². The van der Waals surface area contributed by atoms with Gasteiger partial charge in [0, 0.05) is 23.5 Å². The molecule has 0 spiro atoms. The third-order valence-corrected chi connectivity index (χ3v) is 6.62. The lowest BCUT2D eigenvalue weighted by molar-refractivity contribution is -0.141. The van der Waals surface area contributed by atoms with Crippen LogP contribution in [0.5, 0.6) is 0 Å². The number of amides is 1. The number of anilines is 1. The summed E-state index contributed by atoms with van der Waals surface area (Å²) >= 11 is 5.81. The summed E-state index contributed by atoms with van der Waals surface area (Å²) in [7, 11) is -3.86. The maximum atomic E-state index is 13.0. The van der Waals surface area contributed by atoms with E-state index in [0.717, 1.165) is 11.1 Å². The van der Waals surface area contributed by atoms with E-state index >= 15 is 0 Å². The van der Waals surface area contributed by atoms with Crippen LogP contribution >= 0.6 is 11.6 Å². The molecular weight excluding hydrogens is 459 g/mol. The molecule has 0 radical (unpaired) electrons. The van der Waals surface area contributed by atoms with E-state index < -0.39 is 27.6 Å². The van der Waals surface area contributed by atoms with Gasteiger partial charge in [0.2, 0.25) is 0 Å². The highest BCUT2D eigenvalue weighted by molar-refractivity contribution is 7.91. The second-order valence-electron chi connectivity index (χ2n) is 6.62. The minimum atomic E-state index is -4.72. The van der Waals surface area contributed by atoms with Crippen LogP contribution in [-0.2, 0) is 22.6 Å². The van der Waals surface area contributed by atoms with Gasteiger partial charge in [0.25, 0.3) is 5.91 Å². The van der Waals surface area contributed by atoms with Crippen LogP contribution in [0.25, 0.3) is 5.69 Å². The minimum Gasteiger partial charge on any atom is -0.287 e. The normalized spacial score (nSPS) is 14.2. The number of hydrogen-bond acceptors (Lipinski definition) is 6. The Hall–Kier alpha value is -2.99. The number of carbonyl (C=O) groups excluding carboxylic acids is 1. The fraction of sp³-hybridized carbons (Fsp3) is 0.222. The first-order valence-electron chi connectivity index (χ1n) is 8.83. The number of rotatable bonds is 4. The van der Waals surface area contributed by atoms with Crippen LogP contribution in [-0.4, -0.2) is 39.8 Å². The van der Waals surface area contributed by atoms with Crippen molar-refractivity contribution in [1.29, 1.82) is 0 Å². The molecule has 4 heterocycles. The summed E-state index contributed by atoms with van der Waals surface area (Å²) in [5.74, 6) is -1.25. The van der Waals surface area contributed by atoms with Gasteiger partial charge in [0.05, 0.1) is 24.2 Å². The van der Waals surface area contributed by atoms with Crippen molar-refractivity contribution >= 4 is 33.2 Å². The first-order valence-corrected chi connectivity index (χ1v) is 10.9. The number of hydrogen-bond donors (Lipinski definition) is 0. The van der Waals surface area contributed by atoms with Gasteiger partial charge in [-0.15, -0.1) is 0 Å². The number of aromatic nitrogens is 4. The minimum absolute atomic E-state index is 0.161. The van der Waals surface area contributed by atoms with Crippen LogP contribution in [0.1, 0.15) is 28.5 Å². The van der Waals surface area contributed by atoms with E-state index in [4.69, 9.17) is 11.6 Å². The first-order chi connectivity index (χ1) is 14.5. The summed E-state index contributed by atoms with van der Waals surface area (Å²) < 4.78 is 65.7. The highest BCUT2D eigenvalue weighted by Gasteiger charge is 2.38. The first kappa shape index (κ1) is 21.2. The zero-order chi connectivity index (χ0) is 22.6. The van der Waals surface area contributed by atoms with Crippen molar-refractivity contribution in [3.05, 3.63) is 58.8 Å². The highest BCUT2D eigenvalue weighted by Crippen LogP contribution is 2.35. The lowest BCUT2D eigenvalue weighted by atomic mass is 10.1. The van der Waals surface area contributed by atoms with E-state index in [2.05, 4.69) is 15.1 Å². The van der Waals surface area contributed by atoms with Crippen molar-refractivity contribution in [2.24, 2.45) is 0 Å². The average Bonchev–Trinajstić information content (AvgIpc) is 3.30. The van der Waals surface area contributed by atoms with Crippen molar-refractivity contribution in [3.8, 4) is 5.69 Å². The summed E-state index contributed by atoms with van der Waals surface area (Å²) in [5, 5.41) is 4.17. The second kappa shape index (κ2) is 7.31. The van der Waals surface area contributed by atoms with Crippen LogP contribution in [0.4, 0.5) is 19.0 Å². The summed E-state index contributed by atoms with van der Waals surface area (Å²) in [6.07, 6.45) is -0.958. The monoisotopic (exact) mass is 471 g/mol. The molecule has 13 heteroatoms. The Morgan fingerprint density at radius 1 is 1.19 bits per heavy atom. The van der Waals surface area contributed by atoms with Crippen molar-refractivity contribution in [2.45, 2.75) is 24.5 Å². The van der Waals surface area contributed by atoms with Crippen molar-refractivity contribution in [2.75, 3.05) is 10.7 Å². The number of halogens is 4. The van der Waals surface area contributed by atoms with E-state index in [9.17, 15) is 26.4 Å². The number of carbonyl (C=O) groups is 1. The third kappa shape index (κ3) is 3.76. The number of pyridine rings is 2. The van der Waals surface area contributed by atoms with Gasteiger partial charge in [-0.1, -0.05) is 18.5 Å². The van der Waals surface area contributed by atoms with E-state index in [-0.39, 0.29) is 45.0 Å². The molecule has 0 aliphatic carbocycles. The Morgan fingerprint density at radius 2 is 1.94 bits per heavy atom. The summed E-state index contributed by atoms with van der Waals surface area (Å²) in [4.78, 5) is 21.1. The van der Waals surface area contributed by atoms with Crippen molar-refractivity contribution in [3.63, 3.8) is 0 Å². The number of fused-ring (bicyclic) bond motifs is 1. The zero-order valence-electron chi connectivity index (χ0n) is 15.8. The molecule has 0 atom stereocenters. The molecule has 31 heavy (non-hydrogen) atoms. The summed E-state index contributed by atoms with van der Waals surface area (Å²) in [6.45, 7) is 1.27. The fourth-order valence-electron chi connectivity index (χ4n) is 3.11. The summed E-state index contributed by atoms with van der Waals surface area (Å²) in [5.41, 5.74) is -0.885. The molecule has 0 aromatic carbocycles. The summed E-state index contributed by atoms with van der Waals surface area (Å²) in [6, 6.07) is 3.45. The average molecular weight is 472 g/mol. The van der Waals surface area contributed by atoms with Crippen LogP contribution in [0.15, 0.2) is 41.7 Å². The molecule has 0 N–H and O–H groups in total. The van der Waals surface area contributed by atoms with Crippen molar-refractivity contribution in [1.82, 2.24) is 19.7 Å². The SMILES string of the molecule is CCS(=O)(=O)c1cc(-n2ccc(Cl)n2)cnc1N1Cc2cnc(C(F)(F)F)cc2C1=O. The molecule has 3 aromatic heterocycles. The lowest BCUT2D eigenvalue weighted by Crippen LogP contribution is -2.27. The molecule has 0 unspecified atom stereocenters. The predicted molar refractivity (Wildman–Crippen MR) is 104 cm³/mol. The van der Waals surface area contributed by atoms with Gasteiger partial charge in [-0.25, -0.2) is 18.1 Å². The maximum Gasteiger partial charge on any atom is 0.433 e. The largest absolute Gasteiger partial charge is 0.433 e. The van der Waals surface area contributed by atoms with Gasteiger partial charge < -0.3 is 0 Å². The van der Waals surface area contributed by atoms with Crippen LogP contribution in [0.2, 0.25) is 5.15 Å². The van der Waals surface area contributed by atoms with E-state index in [1.165, 1.54) is 36.1 Å². The Kier molecular flexibility index (Phi) is 5.01. The molecule has 1 aliphatic heterocycles. The maximum absolute atomic E-state index is 13.0. The van der Waals surface area contributed by atoms with E-state index in [0.29, 0.717) is 6.07 Å². The predicted octanol–water partition coefficient (Wildman–Crippen LogP) is 3.29. The van der Waals surface area contributed by atoms with Gasteiger partial charge in [0.15, 0.2) is 20.8 Å². The van der Waals surface area contributed by atoms with Gasteiger partial charge in [-0.3, -0.25) is 14.7 Å². The quantitative estimate of drug-likeness (QED) is 0.579. The van der Waals surface area contributed by atoms with Crippen LogP contribution in [0, 0.1) is 0 Å². The van der Waals surface area contributed by atoms with E-state index in [1.807, 2.05) is 0 Å². The van der Waals surface area contributed by atoms with Crippen molar-refractivity contribution < 1.29 is 26.4 Å². The number of sulfone groups is 1. The van der Waals surface area contributed by atoms with E-state index in [1.54, 1.807) is 0 Å². The fourth-order valence-corrected chi connectivity index (χ4v) is 4.30. The molecule has 0 fully saturated rings. The molecule has 0 saturated carbocycles. The molecule has 4 rings (SSSR count). The van der Waals surface area contributed by atoms with Gasteiger partial charge in [0.1, 0.15) is 10.6 Å². The topological polar surface area (TPSA) is 98.0 Å². The Bertz CT molecular complexity index is 1310. The highest BCUT2D eigenvalue weighted by atomic mass is 35.5. The molecule has 1 amide bonds. The Balaban J connectivity index is 1.81. The van der Waals surface area contributed by atoms with Gasteiger partial charge in [-0.2, -0.15) is 18.3 Å². The Labute approximate surface area is 179 Å². The number of alkyl halides is 3. The smallest absolute Gasteiger partial charge is 0.287 e. The standard InChI is InChI=1S/C18H13ClF3N5O3S/c1-2-31(29,30)13-5-11(27-4-3-15(19)25-27)8-24-16(13)26-9-10-7-23-14(18(20,21)22)6-12(10)17(26)28/h3-8H,2,9H2,1H3. The molecule has 0 bridgehead atoms. The lowest BCUT2D eigenvalue weighted by Gasteiger charge is -2.19. The molecule has 1 aliphatic rings. The molecule has 162 valence electrons. The second-order valence-corrected chi connectivity index (χ2v) is 9.25. The van der Waals surface area contributed by atoms with Crippen LogP contribution in [0.3, 0.4) is 0 Å².